The van der Waals surface area contributed by atoms with Crippen molar-refractivity contribution in [2.45, 2.75) is 56.6 Å². The third-order valence-corrected chi connectivity index (χ3v) is 5.10. The summed E-state index contributed by atoms with van der Waals surface area (Å²) in [4.78, 5) is 26.3. The zero-order chi connectivity index (χ0) is 18.6. The molecular formula is C19H25FN2O4. The smallest absolute Gasteiger partial charge is 0.325 e. The van der Waals surface area contributed by atoms with E-state index in [1.165, 1.54) is 30.7 Å². The van der Waals surface area contributed by atoms with Crippen LogP contribution in [0, 0.1) is 5.82 Å². The lowest BCUT2D eigenvalue weighted by Gasteiger charge is -2.28. The van der Waals surface area contributed by atoms with Gasteiger partial charge in [-0.15, -0.1) is 0 Å². The Hall–Kier alpha value is -2.15. The molecule has 0 aromatic heterocycles. The summed E-state index contributed by atoms with van der Waals surface area (Å²) in [6.45, 7) is -0.205. The van der Waals surface area contributed by atoms with Crippen molar-refractivity contribution in [1.82, 2.24) is 10.2 Å². The van der Waals surface area contributed by atoms with Gasteiger partial charge in [-0.1, -0.05) is 32.1 Å². The molecule has 1 spiro atoms. The predicted octanol–water partition coefficient (Wildman–Crippen LogP) is 2.60. The molecule has 1 saturated carbocycles. The Kier molecular flexibility index (Phi) is 5.76. The molecule has 3 amide bonds. The molecule has 1 aromatic carbocycles. The molecule has 1 heterocycles. The highest BCUT2D eigenvalue weighted by Crippen LogP contribution is 2.32. The van der Waals surface area contributed by atoms with Crippen molar-refractivity contribution in [2.75, 3.05) is 13.2 Å². The summed E-state index contributed by atoms with van der Waals surface area (Å²) >= 11 is 0. The molecule has 2 N–H and O–H groups in total. The summed E-state index contributed by atoms with van der Waals surface area (Å²) in [5.74, 6) is -0.203. The number of carbonyl (C=O) groups is 2. The van der Waals surface area contributed by atoms with E-state index in [9.17, 15) is 19.1 Å². The van der Waals surface area contributed by atoms with Gasteiger partial charge in [-0.05, 0) is 37.1 Å². The van der Waals surface area contributed by atoms with Gasteiger partial charge in [-0.3, -0.25) is 9.69 Å². The number of nitrogens with zero attached hydrogens (tertiary/aromatic N) is 1. The molecule has 1 aliphatic carbocycles. The normalized spacial score (nSPS) is 21.2. The zero-order valence-corrected chi connectivity index (χ0v) is 14.7. The predicted molar refractivity (Wildman–Crippen MR) is 93.2 cm³/mol. The third-order valence-electron chi connectivity index (χ3n) is 5.10. The molecule has 6 nitrogen and oxygen atoms in total. The number of halogens is 1. The van der Waals surface area contributed by atoms with E-state index in [0.29, 0.717) is 18.6 Å². The van der Waals surface area contributed by atoms with E-state index in [-0.39, 0.29) is 24.9 Å². The van der Waals surface area contributed by atoms with Crippen molar-refractivity contribution in [3.63, 3.8) is 0 Å². The number of imide groups is 1. The quantitative estimate of drug-likeness (QED) is 0.787. The van der Waals surface area contributed by atoms with Gasteiger partial charge in [-0.25, -0.2) is 9.18 Å². The average molecular weight is 364 g/mol. The van der Waals surface area contributed by atoms with E-state index >= 15 is 0 Å². The first-order valence-corrected chi connectivity index (χ1v) is 9.21. The first-order valence-electron chi connectivity index (χ1n) is 9.21. The third kappa shape index (κ3) is 4.15. The number of hydrogen-bond acceptors (Lipinski definition) is 4. The molecule has 2 aliphatic rings. The summed E-state index contributed by atoms with van der Waals surface area (Å²) in [7, 11) is 0. The van der Waals surface area contributed by atoms with Crippen LogP contribution in [-0.2, 0) is 4.79 Å². The van der Waals surface area contributed by atoms with E-state index in [0.717, 1.165) is 30.6 Å². The largest absolute Gasteiger partial charge is 0.491 e. The van der Waals surface area contributed by atoms with Gasteiger partial charge in [0.1, 0.15) is 29.8 Å². The van der Waals surface area contributed by atoms with E-state index in [1.807, 2.05) is 0 Å². The van der Waals surface area contributed by atoms with Gasteiger partial charge in [0, 0.05) is 0 Å². The van der Waals surface area contributed by atoms with Crippen LogP contribution in [0.25, 0.3) is 0 Å². The van der Waals surface area contributed by atoms with Gasteiger partial charge in [-0.2, -0.15) is 0 Å². The van der Waals surface area contributed by atoms with Crippen LogP contribution in [0.5, 0.6) is 5.75 Å². The SMILES string of the molecule is O=C1NC2(CCCCCCC2)C(=O)N1C[C@@H](O)COc1ccc(F)cc1. The fourth-order valence-electron chi connectivity index (χ4n) is 3.68. The Morgan fingerprint density at radius 2 is 1.73 bits per heavy atom. The number of amides is 3. The van der Waals surface area contributed by atoms with Crippen molar-refractivity contribution in [1.29, 1.82) is 0 Å². The Labute approximate surface area is 152 Å². The molecule has 7 heteroatoms. The fraction of sp³-hybridized carbons (Fsp3) is 0.579. The number of rotatable bonds is 5. The number of carbonyl (C=O) groups excluding carboxylic acids is 2. The highest BCUT2D eigenvalue weighted by atomic mass is 19.1. The Morgan fingerprint density at radius 1 is 1.12 bits per heavy atom. The van der Waals surface area contributed by atoms with Gasteiger partial charge in [0.25, 0.3) is 5.91 Å². The number of ether oxygens (including phenoxy) is 1. The van der Waals surface area contributed by atoms with Crippen molar-refractivity contribution in [3.8, 4) is 5.75 Å². The van der Waals surface area contributed by atoms with Gasteiger partial charge in [0.15, 0.2) is 0 Å². The summed E-state index contributed by atoms with van der Waals surface area (Å²) in [5.41, 5.74) is -0.810. The molecule has 3 rings (SSSR count). The maximum Gasteiger partial charge on any atom is 0.325 e. The van der Waals surface area contributed by atoms with Gasteiger partial charge in [0.05, 0.1) is 6.54 Å². The minimum atomic E-state index is -1.02. The highest BCUT2D eigenvalue weighted by molar-refractivity contribution is 6.07. The van der Waals surface area contributed by atoms with Crippen LogP contribution in [0.3, 0.4) is 0 Å². The first-order chi connectivity index (χ1) is 12.5. The first kappa shape index (κ1) is 18.6. The minimum Gasteiger partial charge on any atom is -0.491 e. The lowest BCUT2D eigenvalue weighted by Crippen LogP contribution is -2.48. The summed E-state index contributed by atoms with van der Waals surface area (Å²) in [5, 5.41) is 13.0. The van der Waals surface area contributed by atoms with Crippen LogP contribution in [0.2, 0.25) is 0 Å². The van der Waals surface area contributed by atoms with E-state index in [4.69, 9.17) is 4.74 Å². The maximum absolute atomic E-state index is 12.9. The molecule has 0 bridgehead atoms. The van der Waals surface area contributed by atoms with E-state index in [1.54, 1.807) is 0 Å². The molecule has 0 radical (unpaired) electrons. The number of benzene rings is 1. The summed E-state index contributed by atoms with van der Waals surface area (Å²) in [6, 6.07) is 4.99. The number of aliphatic hydroxyl groups excluding tert-OH is 1. The molecular weight excluding hydrogens is 339 g/mol. The average Bonchev–Trinajstić information content (AvgIpc) is 2.83. The lowest BCUT2D eigenvalue weighted by atomic mass is 9.84. The molecule has 1 atom stereocenters. The second-order valence-electron chi connectivity index (χ2n) is 7.11. The topological polar surface area (TPSA) is 78.9 Å². The van der Waals surface area contributed by atoms with Gasteiger partial charge >= 0.3 is 6.03 Å². The van der Waals surface area contributed by atoms with Crippen LogP contribution in [-0.4, -0.2) is 46.7 Å². The van der Waals surface area contributed by atoms with E-state index < -0.39 is 17.7 Å². The van der Waals surface area contributed by atoms with Gasteiger partial charge < -0.3 is 15.2 Å². The Bertz CT molecular complexity index is 641. The monoisotopic (exact) mass is 364 g/mol. The van der Waals surface area contributed by atoms with Crippen molar-refractivity contribution < 1.29 is 23.8 Å². The molecule has 2 fully saturated rings. The standard InChI is InChI=1S/C19H25FN2O4/c20-14-6-8-16(9-7-14)26-13-15(23)12-22-17(24)19(21-18(22)25)10-4-2-1-3-5-11-19/h6-9,15,23H,1-5,10-13H2,(H,21,25)/t15-/m1/s1. The van der Waals surface area contributed by atoms with Crippen molar-refractivity contribution in [3.05, 3.63) is 30.1 Å². The molecule has 1 saturated heterocycles. The maximum atomic E-state index is 12.9. The van der Waals surface area contributed by atoms with Crippen LogP contribution in [0.1, 0.15) is 44.9 Å². The number of hydrogen-bond donors (Lipinski definition) is 2. The molecule has 0 unspecified atom stereocenters. The number of β-amino-alcohol motifs (C(OH)–C–C–N with tert-alkyl or cyclic N) is 1. The van der Waals surface area contributed by atoms with Crippen LogP contribution in [0.4, 0.5) is 9.18 Å². The fourth-order valence-corrected chi connectivity index (χ4v) is 3.68. The molecule has 1 aliphatic heterocycles. The minimum absolute atomic E-state index is 0.0876. The Morgan fingerprint density at radius 3 is 2.38 bits per heavy atom. The molecule has 1 aromatic rings. The number of aliphatic hydroxyl groups is 1. The van der Waals surface area contributed by atoms with Crippen molar-refractivity contribution in [2.24, 2.45) is 0 Å². The molecule has 142 valence electrons. The summed E-state index contributed by atoms with van der Waals surface area (Å²) < 4.78 is 18.3. The van der Waals surface area contributed by atoms with Gasteiger partial charge in [0.2, 0.25) is 0 Å². The van der Waals surface area contributed by atoms with Crippen LogP contribution >= 0.6 is 0 Å². The lowest BCUT2D eigenvalue weighted by molar-refractivity contribution is -0.133. The van der Waals surface area contributed by atoms with Crippen LogP contribution in [0.15, 0.2) is 24.3 Å². The second-order valence-corrected chi connectivity index (χ2v) is 7.11. The van der Waals surface area contributed by atoms with Crippen molar-refractivity contribution >= 4 is 11.9 Å². The highest BCUT2D eigenvalue weighted by Gasteiger charge is 2.50. The second kappa shape index (κ2) is 8.03. The summed E-state index contributed by atoms with van der Waals surface area (Å²) in [6.07, 6.45) is 5.41. The number of nitrogens with one attached hydrogen (secondary N) is 1. The van der Waals surface area contributed by atoms with Crippen LogP contribution < -0.4 is 10.1 Å². The molecule has 26 heavy (non-hydrogen) atoms. The Balaban J connectivity index is 1.57. The zero-order valence-electron chi connectivity index (χ0n) is 14.7. The van der Waals surface area contributed by atoms with E-state index in [2.05, 4.69) is 5.32 Å². The number of urea groups is 1.